The van der Waals surface area contributed by atoms with Gasteiger partial charge < -0.3 is 10.5 Å². The number of aromatic nitrogens is 1. The number of nitrogens with zero attached hydrogens (tertiary/aromatic N) is 1. The first-order valence-electron chi connectivity index (χ1n) is 6.84. The van der Waals surface area contributed by atoms with Crippen molar-refractivity contribution in [2.75, 3.05) is 0 Å². The first-order valence-corrected chi connectivity index (χ1v) is 7.65. The van der Waals surface area contributed by atoms with E-state index < -0.39 is 5.54 Å². The fraction of sp³-hybridized carbons (Fsp3) is 0.438. The van der Waals surface area contributed by atoms with Crippen molar-refractivity contribution in [3.05, 3.63) is 45.4 Å². The molecule has 106 valence electrons. The van der Waals surface area contributed by atoms with E-state index >= 15 is 0 Å². The molecule has 0 bridgehead atoms. The molecule has 1 aromatic carbocycles. The van der Waals surface area contributed by atoms with Gasteiger partial charge >= 0.3 is 0 Å². The van der Waals surface area contributed by atoms with Gasteiger partial charge in [-0.15, -0.1) is 11.3 Å². The molecule has 1 unspecified atom stereocenters. The van der Waals surface area contributed by atoms with E-state index in [4.69, 9.17) is 15.5 Å². The van der Waals surface area contributed by atoms with Crippen LogP contribution in [-0.2, 0) is 5.54 Å². The van der Waals surface area contributed by atoms with Crippen molar-refractivity contribution in [3.63, 3.8) is 0 Å². The molecule has 3 nitrogen and oxygen atoms in total. The SMILES string of the molecule is Cc1nc(C2(N)CC(C)(C)Oc3ccccc32)sc1C. The maximum atomic E-state index is 6.82. The van der Waals surface area contributed by atoms with E-state index in [2.05, 4.69) is 26.8 Å². The molecule has 4 heteroatoms. The number of hydrogen-bond acceptors (Lipinski definition) is 4. The van der Waals surface area contributed by atoms with Gasteiger partial charge in [-0.25, -0.2) is 4.98 Å². The second-order valence-corrected chi connectivity index (χ2v) is 7.37. The molecule has 0 fully saturated rings. The van der Waals surface area contributed by atoms with Crippen LogP contribution in [-0.4, -0.2) is 10.6 Å². The summed E-state index contributed by atoms with van der Waals surface area (Å²) in [5, 5.41) is 0.983. The van der Waals surface area contributed by atoms with Gasteiger partial charge in [0.15, 0.2) is 0 Å². The highest BCUT2D eigenvalue weighted by molar-refractivity contribution is 7.11. The van der Waals surface area contributed by atoms with Gasteiger partial charge in [0.2, 0.25) is 0 Å². The molecule has 0 amide bonds. The van der Waals surface area contributed by atoms with Crippen molar-refractivity contribution >= 4 is 11.3 Å². The molecular formula is C16H20N2OS. The zero-order valence-corrected chi connectivity index (χ0v) is 13.2. The number of para-hydroxylation sites is 1. The third kappa shape index (κ3) is 2.03. The minimum Gasteiger partial charge on any atom is -0.487 e. The number of nitrogens with two attached hydrogens (primary N) is 1. The highest BCUT2D eigenvalue weighted by Crippen LogP contribution is 2.46. The molecule has 1 atom stereocenters. The molecule has 1 aliphatic heterocycles. The van der Waals surface area contributed by atoms with E-state index in [0.29, 0.717) is 0 Å². The molecule has 3 rings (SSSR count). The van der Waals surface area contributed by atoms with Crippen LogP contribution in [0.3, 0.4) is 0 Å². The largest absolute Gasteiger partial charge is 0.487 e. The molecular weight excluding hydrogens is 268 g/mol. The third-order valence-corrected chi connectivity index (χ3v) is 5.12. The Morgan fingerprint density at radius 3 is 2.60 bits per heavy atom. The fourth-order valence-corrected chi connectivity index (χ4v) is 3.91. The molecule has 20 heavy (non-hydrogen) atoms. The van der Waals surface area contributed by atoms with E-state index in [1.54, 1.807) is 11.3 Å². The summed E-state index contributed by atoms with van der Waals surface area (Å²) in [6, 6.07) is 8.04. The lowest BCUT2D eigenvalue weighted by Crippen LogP contribution is -2.50. The molecule has 0 radical (unpaired) electrons. The molecule has 1 aromatic heterocycles. The lowest BCUT2D eigenvalue weighted by atomic mass is 9.79. The zero-order chi connectivity index (χ0) is 14.5. The Morgan fingerprint density at radius 2 is 1.95 bits per heavy atom. The molecule has 2 heterocycles. The van der Waals surface area contributed by atoms with Gasteiger partial charge in [0, 0.05) is 16.9 Å². The Kier molecular flexibility index (Phi) is 2.92. The highest BCUT2D eigenvalue weighted by Gasteiger charge is 2.45. The summed E-state index contributed by atoms with van der Waals surface area (Å²) >= 11 is 1.69. The van der Waals surface area contributed by atoms with Gasteiger partial charge in [-0.2, -0.15) is 0 Å². The van der Waals surface area contributed by atoms with Crippen LogP contribution >= 0.6 is 11.3 Å². The second kappa shape index (κ2) is 4.30. The number of aryl methyl sites for hydroxylation is 2. The van der Waals surface area contributed by atoms with Crippen LogP contribution < -0.4 is 10.5 Å². The van der Waals surface area contributed by atoms with Crippen molar-refractivity contribution in [1.82, 2.24) is 4.98 Å². The number of rotatable bonds is 1. The van der Waals surface area contributed by atoms with E-state index in [9.17, 15) is 0 Å². The Bertz CT molecular complexity index is 643. The van der Waals surface area contributed by atoms with Gasteiger partial charge in [0.1, 0.15) is 21.9 Å². The van der Waals surface area contributed by atoms with Gasteiger partial charge in [0.25, 0.3) is 0 Å². The van der Waals surface area contributed by atoms with Crippen molar-refractivity contribution in [2.45, 2.75) is 45.3 Å². The van der Waals surface area contributed by atoms with Crippen LogP contribution in [0.4, 0.5) is 0 Å². The minimum absolute atomic E-state index is 0.295. The van der Waals surface area contributed by atoms with E-state index in [-0.39, 0.29) is 5.60 Å². The fourth-order valence-electron chi connectivity index (χ4n) is 2.88. The summed E-state index contributed by atoms with van der Waals surface area (Å²) in [5.41, 5.74) is 8.06. The quantitative estimate of drug-likeness (QED) is 0.873. The third-order valence-electron chi connectivity index (χ3n) is 3.87. The van der Waals surface area contributed by atoms with Crippen molar-refractivity contribution < 1.29 is 4.74 Å². The minimum atomic E-state index is -0.567. The van der Waals surface area contributed by atoms with E-state index in [1.807, 2.05) is 25.1 Å². The Morgan fingerprint density at radius 1 is 1.25 bits per heavy atom. The van der Waals surface area contributed by atoms with E-state index in [1.165, 1.54) is 4.88 Å². The second-order valence-electron chi connectivity index (χ2n) is 6.17. The van der Waals surface area contributed by atoms with Gasteiger partial charge in [-0.3, -0.25) is 0 Å². The van der Waals surface area contributed by atoms with Crippen LogP contribution in [0.5, 0.6) is 5.75 Å². The van der Waals surface area contributed by atoms with Crippen molar-refractivity contribution in [2.24, 2.45) is 5.73 Å². The average Bonchev–Trinajstić information content (AvgIpc) is 2.69. The first-order chi connectivity index (χ1) is 9.32. The van der Waals surface area contributed by atoms with Crippen LogP contribution in [0.2, 0.25) is 0 Å². The smallest absolute Gasteiger partial charge is 0.125 e. The highest BCUT2D eigenvalue weighted by atomic mass is 32.1. The maximum absolute atomic E-state index is 6.82. The molecule has 0 saturated heterocycles. The zero-order valence-electron chi connectivity index (χ0n) is 12.4. The summed E-state index contributed by atoms with van der Waals surface area (Å²) in [5.74, 6) is 0.872. The predicted octanol–water partition coefficient (Wildman–Crippen LogP) is 3.52. The molecule has 0 aliphatic carbocycles. The molecule has 2 aromatic rings. The summed E-state index contributed by atoms with van der Waals surface area (Å²) in [6.45, 7) is 8.29. The van der Waals surface area contributed by atoms with E-state index in [0.717, 1.165) is 28.4 Å². The number of hydrogen-bond donors (Lipinski definition) is 1. The average molecular weight is 288 g/mol. The number of thiazole rings is 1. The van der Waals surface area contributed by atoms with Crippen molar-refractivity contribution in [3.8, 4) is 5.75 Å². The molecule has 0 spiro atoms. The van der Waals surface area contributed by atoms with Crippen LogP contribution in [0.1, 0.15) is 41.4 Å². The summed E-state index contributed by atoms with van der Waals surface area (Å²) < 4.78 is 6.07. The van der Waals surface area contributed by atoms with Crippen LogP contribution in [0.25, 0.3) is 0 Å². The number of ether oxygens (including phenoxy) is 1. The monoisotopic (exact) mass is 288 g/mol. The molecule has 2 N–H and O–H groups in total. The molecule has 1 aliphatic rings. The van der Waals surface area contributed by atoms with Crippen LogP contribution in [0.15, 0.2) is 24.3 Å². The van der Waals surface area contributed by atoms with Crippen molar-refractivity contribution in [1.29, 1.82) is 0 Å². The Hall–Kier alpha value is -1.39. The summed E-state index contributed by atoms with van der Waals surface area (Å²) in [6.07, 6.45) is 0.726. The Labute approximate surface area is 123 Å². The Balaban J connectivity index is 2.21. The standard InChI is InChI=1S/C16H20N2OS/c1-10-11(2)20-14(18-10)16(17)9-15(3,4)19-13-8-6-5-7-12(13)16/h5-8H,9,17H2,1-4H3. The van der Waals surface area contributed by atoms with Gasteiger partial charge in [-0.05, 0) is 33.8 Å². The lowest BCUT2D eigenvalue weighted by molar-refractivity contribution is 0.0554. The van der Waals surface area contributed by atoms with Gasteiger partial charge in [0.05, 0.1) is 5.69 Å². The topological polar surface area (TPSA) is 48.1 Å². The number of fused-ring (bicyclic) bond motifs is 1. The summed E-state index contributed by atoms with van der Waals surface area (Å²) in [4.78, 5) is 5.94. The van der Waals surface area contributed by atoms with Gasteiger partial charge in [-0.1, -0.05) is 18.2 Å². The van der Waals surface area contributed by atoms with Crippen LogP contribution in [0, 0.1) is 13.8 Å². The first kappa shape index (κ1) is 13.6. The predicted molar refractivity (Wildman–Crippen MR) is 82.3 cm³/mol. The number of benzene rings is 1. The maximum Gasteiger partial charge on any atom is 0.125 e. The molecule has 0 saturated carbocycles. The normalized spacial score (nSPS) is 24.1. The summed E-state index contributed by atoms with van der Waals surface area (Å²) in [7, 11) is 0. The lowest BCUT2D eigenvalue weighted by Gasteiger charge is -2.42.